The highest BCUT2D eigenvalue weighted by atomic mass is 32.1. The maximum atomic E-state index is 4.87. The van der Waals surface area contributed by atoms with Crippen LogP contribution in [0.2, 0.25) is 0 Å². The summed E-state index contributed by atoms with van der Waals surface area (Å²) >= 11 is 1.90. The Morgan fingerprint density at radius 2 is 0.696 bits per heavy atom. The van der Waals surface area contributed by atoms with E-state index < -0.39 is 0 Å². The van der Waals surface area contributed by atoms with Gasteiger partial charge in [0.1, 0.15) is 5.82 Å². The lowest BCUT2D eigenvalue weighted by Gasteiger charge is -2.22. The summed E-state index contributed by atoms with van der Waals surface area (Å²) in [5.74, 6) is 0.978. The first-order chi connectivity index (χ1) is 34.2. The van der Waals surface area contributed by atoms with E-state index in [0.717, 1.165) is 22.5 Å². The average molecular weight is 893 g/mol. The molecule has 0 radical (unpaired) electrons. The maximum absolute atomic E-state index is 4.87. The lowest BCUT2D eigenvalue weighted by molar-refractivity contribution is 1.00. The van der Waals surface area contributed by atoms with Gasteiger partial charge in [-0.3, -0.25) is 4.57 Å². The van der Waals surface area contributed by atoms with E-state index in [2.05, 4.69) is 236 Å². The van der Waals surface area contributed by atoms with Crippen molar-refractivity contribution in [2.75, 3.05) is 0 Å². The van der Waals surface area contributed by atoms with Gasteiger partial charge in [0.05, 0.1) is 11.0 Å². The van der Waals surface area contributed by atoms with Crippen molar-refractivity contribution in [3.8, 4) is 39.1 Å². The molecule has 2 nitrogen and oxygen atoms in total. The number of para-hydroxylation sites is 2. The molecule has 320 valence electrons. The van der Waals surface area contributed by atoms with Crippen LogP contribution in [0.5, 0.6) is 0 Å². The summed E-state index contributed by atoms with van der Waals surface area (Å²) in [4.78, 5) is 4.87. The highest BCUT2D eigenvalue weighted by Gasteiger charge is 2.23. The van der Waals surface area contributed by atoms with E-state index >= 15 is 0 Å². The van der Waals surface area contributed by atoms with Gasteiger partial charge in [0.25, 0.3) is 0 Å². The fraction of sp³-hybridized carbons (Fsp3) is 0.0152. The number of hydrogen-bond donors (Lipinski definition) is 0. The van der Waals surface area contributed by atoms with Gasteiger partial charge in [-0.25, -0.2) is 4.98 Å². The first kappa shape index (κ1) is 38.5. The van der Waals surface area contributed by atoms with E-state index in [1.165, 1.54) is 129 Å². The molecule has 0 fully saturated rings. The summed E-state index contributed by atoms with van der Waals surface area (Å²) in [6.45, 7) is 2.08. The quantitative estimate of drug-likeness (QED) is 0.127. The topological polar surface area (TPSA) is 17.8 Å². The van der Waals surface area contributed by atoms with Crippen LogP contribution in [-0.4, -0.2) is 9.55 Å². The third kappa shape index (κ3) is 5.57. The molecule has 0 N–H and O–H groups in total. The normalized spacial score (nSPS) is 12.1. The number of aromatic nitrogens is 2. The monoisotopic (exact) mass is 892 g/mol. The number of hydrogen-bond acceptors (Lipinski definition) is 2. The van der Waals surface area contributed by atoms with Crippen LogP contribution in [-0.2, 0) is 0 Å². The molecule has 13 aromatic carbocycles. The van der Waals surface area contributed by atoms with Crippen molar-refractivity contribution in [2.45, 2.75) is 6.92 Å². The van der Waals surface area contributed by atoms with Crippen molar-refractivity contribution in [3.05, 3.63) is 230 Å². The summed E-state index contributed by atoms with van der Waals surface area (Å²) in [6.07, 6.45) is 0. The molecule has 0 spiro atoms. The van der Waals surface area contributed by atoms with E-state index in [0.29, 0.717) is 0 Å². The highest BCUT2D eigenvalue weighted by Crippen LogP contribution is 2.51. The van der Waals surface area contributed by atoms with Gasteiger partial charge in [-0.15, -0.1) is 11.3 Å². The van der Waals surface area contributed by atoms with Gasteiger partial charge in [-0.2, -0.15) is 0 Å². The second kappa shape index (κ2) is 14.7. The standard InChI is InChI=1S/C66H40N2S/c1-39-67-59-28-14-15-29-60(59)68(39)42-33-30-40(31-34-42)63-47-20-6-10-24-51(47)65(52-25-11-7-21-48(52)63)66-53-26-12-8-22-49(53)64(50-23-9-13-27-54(50)66)41-32-35-61-57(36-41)58-37-55-45-18-4-2-16-43(45)44-17-3-5-19-46(44)56(55)38-62(58)69-61/h2-38H,1H3. The second-order valence-electron chi connectivity index (χ2n) is 18.5. The molecule has 0 aliphatic rings. The molecule has 2 aromatic heterocycles. The Balaban J connectivity index is 0.958. The molecular weight excluding hydrogens is 853 g/mol. The molecule has 15 aromatic rings. The van der Waals surface area contributed by atoms with Gasteiger partial charge in [0.15, 0.2) is 0 Å². The second-order valence-corrected chi connectivity index (χ2v) is 19.6. The number of nitrogens with zero attached hydrogens (tertiary/aromatic N) is 2. The molecule has 2 heterocycles. The Morgan fingerprint density at radius 3 is 1.22 bits per heavy atom. The molecule has 0 bridgehead atoms. The van der Waals surface area contributed by atoms with Crippen LogP contribution >= 0.6 is 11.3 Å². The van der Waals surface area contributed by atoms with Crippen LogP contribution in [0.3, 0.4) is 0 Å². The smallest absolute Gasteiger partial charge is 0.111 e. The van der Waals surface area contributed by atoms with Gasteiger partial charge < -0.3 is 0 Å². The third-order valence-corrected chi connectivity index (χ3v) is 16.0. The van der Waals surface area contributed by atoms with E-state index in [1.807, 2.05) is 11.3 Å². The van der Waals surface area contributed by atoms with Gasteiger partial charge in [0, 0.05) is 25.9 Å². The molecule has 0 unspecified atom stereocenters. The molecule has 0 saturated heterocycles. The van der Waals surface area contributed by atoms with Crippen LogP contribution in [0.15, 0.2) is 224 Å². The molecule has 0 saturated carbocycles. The highest BCUT2D eigenvalue weighted by molar-refractivity contribution is 7.25. The van der Waals surface area contributed by atoms with Crippen molar-refractivity contribution in [3.63, 3.8) is 0 Å². The summed E-state index contributed by atoms with van der Waals surface area (Å²) in [5, 5.41) is 20.4. The third-order valence-electron chi connectivity index (χ3n) is 14.9. The van der Waals surface area contributed by atoms with Gasteiger partial charge in [0.2, 0.25) is 0 Å². The number of aryl methyl sites for hydroxylation is 1. The van der Waals surface area contributed by atoms with Gasteiger partial charge >= 0.3 is 0 Å². The predicted octanol–water partition coefficient (Wildman–Crippen LogP) is 18.8. The summed E-state index contributed by atoms with van der Waals surface area (Å²) < 4.78 is 4.88. The van der Waals surface area contributed by atoms with Crippen molar-refractivity contribution in [2.24, 2.45) is 0 Å². The zero-order valence-corrected chi connectivity index (χ0v) is 38.5. The first-order valence-electron chi connectivity index (χ1n) is 23.8. The minimum atomic E-state index is 0.978. The fourth-order valence-electron chi connectivity index (χ4n) is 12.0. The zero-order chi connectivity index (χ0) is 45.3. The van der Waals surface area contributed by atoms with E-state index in [-0.39, 0.29) is 0 Å². The van der Waals surface area contributed by atoms with E-state index in [1.54, 1.807) is 0 Å². The minimum absolute atomic E-state index is 0.978. The Kier molecular flexibility index (Phi) is 8.19. The van der Waals surface area contributed by atoms with Crippen molar-refractivity contribution in [1.29, 1.82) is 0 Å². The van der Waals surface area contributed by atoms with Crippen LogP contribution in [0.1, 0.15) is 5.82 Å². The van der Waals surface area contributed by atoms with Crippen molar-refractivity contribution in [1.82, 2.24) is 9.55 Å². The first-order valence-corrected chi connectivity index (χ1v) is 24.6. The molecule has 0 atom stereocenters. The largest absolute Gasteiger partial charge is 0.297 e. The SMILES string of the molecule is Cc1nc2ccccc2n1-c1ccc(-c2c3ccccc3c(-c3c4ccccc4c(-c4ccc5sc6cc7c8ccccc8c8ccccc8c7cc6c5c4)c4ccccc34)c3ccccc23)cc1. The van der Waals surface area contributed by atoms with Crippen LogP contribution in [0.25, 0.3) is 146 Å². The molecule has 0 aliphatic heterocycles. The van der Waals surface area contributed by atoms with E-state index in [4.69, 9.17) is 4.98 Å². The Hall–Kier alpha value is -8.63. The molecule has 69 heavy (non-hydrogen) atoms. The molecule has 0 aliphatic carbocycles. The van der Waals surface area contributed by atoms with Crippen LogP contribution in [0.4, 0.5) is 0 Å². The predicted molar refractivity (Wildman–Crippen MR) is 298 cm³/mol. The summed E-state index contributed by atoms with van der Waals surface area (Å²) in [5.41, 5.74) is 10.7. The van der Waals surface area contributed by atoms with Crippen LogP contribution in [0, 0.1) is 6.92 Å². The van der Waals surface area contributed by atoms with Crippen molar-refractivity contribution < 1.29 is 0 Å². The Morgan fingerprint density at radius 1 is 0.304 bits per heavy atom. The number of benzene rings is 13. The minimum Gasteiger partial charge on any atom is -0.297 e. The Labute approximate surface area is 401 Å². The molecule has 3 heteroatoms. The number of rotatable bonds is 4. The van der Waals surface area contributed by atoms with Gasteiger partial charge in [-0.05, 0) is 164 Å². The van der Waals surface area contributed by atoms with Gasteiger partial charge in [-0.1, -0.05) is 176 Å². The molecule has 15 rings (SSSR count). The van der Waals surface area contributed by atoms with Crippen LogP contribution < -0.4 is 0 Å². The Bertz CT molecular complexity index is 4550. The molecular formula is C66H40N2S. The average Bonchev–Trinajstić information content (AvgIpc) is 3.95. The number of imidazole rings is 1. The fourth-order valence-corrected chi connectivity index (χ4v) is 13.1. The lowest BCUT2D eigenvalue weighted by Crippen LogP contribution is -1.97. The molecule has 0 amide bonds. The summed E-state index contributed by atoms with van der Waals surface area (Å²) in [7, 11) is 0. The summed E-state index contributed by atoms with van der Waals surface area (Å²) in [6, 6.07) is 83.6. The van der Waals surface area contributed by atoms with Crippen molar-refractivity contribution >= 4 is 118 Å². The number of fused-ring (bicyclic) bond motifs is 14. The zero-order valence-electron chi connectivity index (χ0n) is 37.7. The number of thiophene rings is 1. The lowest BCUT2D eigenvalue weighted by atomic mass is 9.81. The maximum Gasteiger partial charge on any atom is 0.111 e. The van der Waals surface area contributed by atoms with E-state index in [9.17, 15) is 0 Å².